The largest absolute Gasteiger partial charge is 0.394 e. The number of hydrogen-bond acceptors (Lipinski definition) is 3. The minimum absolute atomic E-state index is 0.00593. The normalized spacial score (nSPS) is 19.0. The van der Waals surface area contributed by atoms with Crippen molar-refractivity contribution in [1.29, 1.82) is 0 Å². The third-order valence-corrected chi connectivity index (χ3v) is 4.73. The van der Waals surface area contributed by atoms with Crippen molar-refractivity contribution in [3.63, 3.8) is 0 Å². The van der Waals surface area contributed by atoms with Gasteiger partial charge in [-0.05, 0) is 49.3 Å². The lowest BCUT2D eigenvalue weighted by molar-refractivity contribution is 0.0924. The van der Waals surface area contributed by atoms with Crippen molar-refractivity contribution in [2.45, 2.75) is 64.6 Å². The second-order valence-corrected chi connectivity index (χ2v) is 7.19. The molecule has 1 aromatic rings. The molecule has 1 aliphatic carbocycles. The third-order valence-electron chi connectivity index (χ3n) is 4.73. The molecule has 0 radical (unpaired) electrons. The van der Waals surface area contributed by atoms with Gasteiger partial charge in [-0.25, -0.2) is 4.79 Å². The SMILES string of the molecule is CC(C)c1ccc2c(c1)[C@H](NC(=O)N(C[C@H](C)O)[C@H](C)CO)CC2. The average molecular weight is 334 g/mol. The number of carbonyl (C=O) groups is 1. The highest BCUT2D eigenvalue weighted by molar-refractivity contribution is 5.75. The Bertz CT molecular complexity index is 572. The summed E-state index contributed by atoms with van der Waals surface area (Å²) in [5.41, 5.74) is 3.77. The van der Waals surface area contributed by atoms with Crippen LogP contribution in [-0.4, -0.2) is 46.4 Å². The van der Waals surface area contributed by atoms with Gasteiger partial charge < -0.3 is 20.4 Å². The highest BCUT2D eigenvalue weighted by Crippen LogP contribution is 2.33. The van der Waals surface area contributed by atoms with Gasteiger partial charge in [-0.1, -0.05) is 32.0 Å². The highest BCUT2D eigenvalue weighted by Gasteiger charge is 2.28. The molecule has 2 rings (SSSR count). The predicted molar refractivity (Wildman–Crippen MR) is 95.1 cm³/mol. The summed E-state index contributed by atoms with van der Waals surface area (Å²) in [6.07, 6.45) is 1.22. The maximum atomic E-state index is 12.7. The van der Waals surface area contributed by atoms with E-state index >= 15 is 0 Å². The zero-order valence-corrected chi connectivity index (χ0v) is 15.1. The van der Waals surface area contributed by atoms with Crippen LogP contribution in [0.4, 0.5) is 4.79 Å². The first-order chi connectivity index (χ1) is 11.3. The van der Waals surface area contributed by atoms with Crippen molar-refractivity contribution in [3.8, 4) is 0 Å². The summed E-state index contributed by atoms with van der Waals surface area (Å²) in [7, 11) is 0. The van der Waals surface area contributed by atoms with Crippen LogP contribution in [0.15, 0.2) is 18.2 Å². The molecule has 2 amide bonds. The number of amides is 2. The summed E-state index contributed by atoms with van der Waals surface area (Å²) < 4.78 is 0. The molecule has 0 heterocycles. The molecule has 0 bridgehead atoms. The summed E-state index contributed by atoms with van der Waals surface area (Å²) in [5, 5.41) is 22.1. The summed E-state index contributed by atoms with van der Waals surface area (Å²) in [6, 6.07) is 5.97. The van der Waals surface area contributed by atoms with Crippen LogP contribution in [-0.2, 0) is 6.42 Å². The summed E-state index contributed by atoms with van der Waals surface area (Å²) >= 11 is 0. The van der Waals surface area contributed by atoms with E-state index < -0.39 is 6.10 Å². The highest BCUT2D eigenvalue weighted by atomic mass is 16.3. The van der Waals surface area contributed by atoms with E-state index in [0.29, 0.717) is 5.92 Å². The summed E-state index contributed by atoms with van der Waals surface area (Å²) in [6.45, 7) is 7.83. The molecule has 0 saturated carbocycles. The topological polar surface area (TPSA) is 72.8 Å². The van der Waals surface area contributed by atoms with Gasteiger partial charge in [0.25, 0.3) is 0 Å². The first kappa shape index (κ1) is 18.7. The number of benzene rings is 1. The fourth-order valence-corrected chi connectivity index (χ4v) is 3.21. The molecule has 1 aromatic carbocycles. The lowest BCUT2D eigenvalue weighted by Gasteiger charge is -2.30. The number of fused-ring (bicyclic) bond motifs is 1. The van der Waals surface area contributed by atoms with Gasteiger partial charge in [-0.3, -0.25) is 0 Å². The van der Waals surface area contributed by atoms with E-state index in [9.17, 15) is 15.0 Å². The van der Waals surface area contributed by atoms with Gasteiger partial charge in [-0.15, -0.1) is 0 Å². The van der Waals surface area contributed by atoms with Gasteiger partial charge in [0, 0.05) is 6.54 Å². The van der Waals surface area contributed by atoms with Crippen molar-refractivity contribution >= 4 is 6.03 Å². The van der Waals surface area contributed by atoms with Crippen molar-refractivity contribution in [2.75, 3.05) is 13.2 Å². The van der Waals surface area contributed by atoms with E-state index in [1.54, 1.807) is 13.8 Å². The third kappa shape index (κ3) is 4.28. The Balaban J connectivity index is 2.14. The average Bonchev–Trinajstić information content (AvgIpc) is 2.93. The Kier molecular flexibility index (Phi) is 6.24. The smallest absolute Gasteiger partial charge is 0.318 e. The quantitative estimate of drug-likeness (QED) is 0.749. The van der Waals surface area contributed by atoms with Gasteiger partial charge in [0.05, 0.1) is 24.8 Å². The standard InChI is InChI=1S/C19H30N2O3/c1-12(2)16-6-5-15-7-8-18(17(15)9-16)20-19(24)21(10-14(4)23)13(3)11-22/h5-6,9,12-14,18,22-23H,7-8,10-11H2,1-4H3,(H,20,24)/t13-,14+,18-/m1/s1. The van der Waals surface area contributed by atoms with Crippen LogP contribution in [0.3, 0.4) is 0 Å². The molecular formula is C19H30N2O3. The van der Waals surface area contributed by atoms with Crippen LogP contribution < -0.4 is 5.32 Å². The van der Waals surface area contributed by atoms with Crippen LogP contribution in [0.25, 0.3) is 0 Å². The predicted octanol–water partition coefficient (Wildman–Crippen LogP) is 2.57. The Labute approximate surface area is 144 Å². The van der Waals surface area contributed by atoms with Gasteiger partial charge >= 0.3 is 6.03 Å². The number of urea groups is 1. The zero-order chi connectivity index (χ0) is 17.9. The number of rotatable bonds is 6. The maximum absolute atomic E-state index is 12.7. The van der Waals surface area contributed by atoms with Gasteiger partial charge in [-0.2, -0.15) is 0 Å². The number of nitrogens with zero attached hydrogens (tertiary/aromatic N) is 1. The van der Waals surface area contributed by atoms with Crippen LogP contribution in [0.5, 0.6) is 0 Å². The molecule has 5 nitrogen and oxygen atoms in total. The first-order valence-corrected chi connectivity index (χ1v) is 8.82. The minimum Gasteiger partial charge on any atom is -0.394 e. The lowest BCUT2D eigenvalue weighted by atomic mass is 9.97. The van der Waals surface area contributed by atoms with Crippen LogP contribution >= 0.6 is 0 Å². The van der Waals surface area contributed by atoms with Gasteiger partial charge in [0.15, 0.2) is 0 Å². The fourth-order valence-electron chi connectivity index (χ4n) is 3.21. The molecule has 3 N–H and O–H groups in total. The molecule has 0 saturated heterocycles. The monoisotopic (exact) mass is 334 g/mol. The molecule has 134 valence electrons. The molecule has 0 spiro atoms. The van der Waals surface area contributed by atoms with Crippen molar-refractivity contribution in [1.82, 2.24) is 10.2 Å². The first-order valence-electron chi connectivity index (χ1n) is 8.82. The fraction of sp³-hybridized carbons (Fsp3) is 0.632. The van der Waals surface area contributed by atoms with Crippen LogP contribution in [0, 0.1) is 0 Å². The number of aliphatic hydroxyl groups is 2. The molecule has 5 heteroatoms. The van der Waals surface area contributed by atoms with E-state index in [2.05, 4.69) is 37.4 Å². The number of hydrogen-bond donors (Lipinski definition) is 3. The van der Waals surface area contributed by atoms with Crippen LogP contribution in [0.2, 0.25) is 0 Å². The van der Waals surface area contributed by atoms with E-state index in [4.69, 9.17) is 0 Å². The molecule has 3 atom stereocenters. The van der Waals surface area contributed by atoms with E-state index in [-0.39, 0.29) is 31.3 Å². The van der Waals surface area contributed by atoms with Crippen LogP contribution in [0.1, 0.15) is 62.8 Å². The second kappa shape index (κ2) is 7.99. The Morgan fingerprint density at radius 1 is 1.33 bits per heavy atom. The number of carbonyl (C=O) groups excluding carboxylic acids is 1. The van der Waals surface area contributed by atoms with Gasteiger partial charge in [0.2, 0.25) is 0 Å². The number of nitrogens with one attached hydrogen (secondary N) is 1. The van der Waals surface area contributed by atoms with Crippen molar-refractivity contribution in [3.05, 3.63) is 34.9 Å². The Morgan fingerprint density at radius 2 is 2.04 bits per heavy atom. The Morgan fingerprint density at radius 3 is 2.62 bits per heavy atom. The molecule has 1 aliphatic rings. The zero-order valence-electron chi connectivity index (χ0n) is 15.1. The summed E-state index contributed by atoms with van der Waals surface area (Å²) in [5.74, 6) is 0.452. The minimum atomic E-state index is -0.631. The van der Waals surface area contributed by atoms with Crippen molar-refractivity contribution < 1.29 is 15.0 Å². The summed E-state index contributed by atoms with van der Waals surface area (Å²) in [4.78, 5) is 14.2. The molecule has 0 unspecified atom stereocenters. The Hall–Kier alpha value is -1.59. The molecular weight excluding hydrogens is 304 g/mol. The number of aliphatic hydroxyl groups excluding tert-OH is 2. The van der Waals surface area contributed by atoms with E-state index in [1.165, 1.54) is 21.6 Å². The van der Waals surface area contributed by atoms with E-state index in [0.717, 1.165) is 12.8 Å². The maximum Gasteiger partial charge on any atom is 0.318 e. The molecule has 0 aliphatic heterocycles. The molecule has 0 aromatic heterocycles. The van der Waals surface area contributed by atoms with Gasteiger partial charge in [0.1, 0.15) is 0 Å². The van der Waals surface area contributed by atoms with E-state index in [1.807, 2.05) is 0 Å². The molecule has 24 heavy (non-hydrogen) atoms. The lowest BCUT2D eigenvalue weighted by Crippen LogP contribution is -2.49. The molecule has 0 fully saturated rings. The second-order valence-electron chi connectivity index (χ2n) is 7.19. The van der Waals surface area contributed by atoms with Crippen molar-refractivity contribution in [2.24, 2.45) is 0 Å². The number of aryl methyl sites for hydroxylation is 1.